The molecule has 1 aromatic rings. The third kappa shape index (κ3) is 2.48. The maximum atomic E-state index is 12.6. The summed E-state index contributed by atoms with van der Waals surface area (Å²) in [6, 6.07) is 3.47. The van der Waals surface area contributed by atoms with E-state index < -0.39 is 11.7 Å². The minimum absolute atomic E-state index is 0.162. The van der Waals surface area contributed by atoms with E-state index in [2.05, 4.69) is 5.32 Å². The lowest BCUT2D eigenvalue weighted by atomic mass is 10.1. The van der Waals surface area contributed by atoms with Crippen molar-refractivity contribution in [1.82, 2.24) is 5.32 Å². The van der Waals surface area contributed by atoms with E-state index >= 15 is 0 Å². The fraction of sp³-hybridized carbons (Fsp3) is 0.417. The van der Waals surface area contributed by atoms with Crippen LogP contribution in [0.4, 0.5) is 18.9 Å². The molecule has 18 heavy (non-hydrogen) atoms. The molecule has 1 aliphatic rings. The molecule has 1 saturated heterocycles. The minimum Gasteiger partial charge on any atom is -0.310 e. The number of amides is 1. The van der Waals surface area contributed by atoms with Crippen LogP contribution in [0.15, 0.2) is 18.2 Å². The van der Waals surface area contributed by atoms with Crippen molar-refractivity contribution < 1.29 is 18.0 Å². The third-order valence-electron chi connectivity index (χ3n) is 2.92. The number of rotatable bonds is 1. The first kappa shape index (κ1) is 12.9. The second kappa shape index (κ2) is 4.61. The Labute approximate surface area is 103 Å². The molecular weight excluding hydrogens is 245 g/mol. The second-order valence-corrected chi connectivity index (χ2v) is 4.22. The highest BCUT2D eigenvalue weighted by atomic mass is 19.4. The average Bonchev–Trinajstić information content (AvgIpc) is 2.29. The molecule has 1 aliphatic heterocycles. The Morgan fingerprint density at radius 2 is 2.06 bits per heavy atom. The molecule has 1 N–H and O–H groups in total. The largest absolute Gasteiger partial charge is 0.416 e. The van der Waals surface area contributed by atoms with Crippen molar-refractivity contribution >= 4 is 11.6 Å². The Balaban J connectivity index is 2.40. The molecule has 3 nitrogen and oxygen atoms in total. The van der Waals surface area contributed by atoms with Gasteiger partial charge in [0.25, 0.3) is 0 Å². The van der Waals surface area contributed by atoms with Crippen LogP contribution in [-0.2, 0) is 11.0 Å². The molecule has 0 atom stereocenters. The molecule has 98 valence electrons. The van der Waals surface area contributed by atoms with E-state index in [1.54, 1.807) is 6.92 Å². The summed E-state index contributed by atoms with van der Waals surface area (Å²) in [7, 11) is 0. The molecule has 0 unspecified atom stereocenters. The molecule has 0 saturated carbocycles. The predicted octanol–water partition coefficient (Wildman–Crippen LogP) is 1.95. The standard InChI is InChI=1S/C12H13F3N2O/c1-8-2-3-9(12(13,14)15)6-10(8)17-5-4-16-7-11(17)18/h2-3,6,16H,4-5,7H2,1H3. The van der Waals surface area contributed by atoms with Gasteiger partial charge in [0.05, 0.1) is 12.1 Å². The molecule has 1 heterocycles. The molecule has 0 aliphatic carbocycles. The summed E-state index contributed by atoms with van der Waals surface area (Å²) in [5.74, 6) is -0.205. The van der Waals surface area contributed by atoms with Gasteiger partial charge in [0, 0.05) is 18.8 Å². The number of carbonyl (C=O) groups is 1. The zero-order valence-corrected chi connectivity index (χ0v) is 9.84. The van der Waals surface area contributed by atoms with Gasteiger partial charge in [-0.1, -0.05) is 6.07 Å². The summed E-state index contributed by atoms with van der Waals surface area (Å²) in [6.07, 6.45) is -4.39. The van der Waals surface area contributed by atoms with Crippen LogP contribution >= 0.6 is 0 Å². The molecule has 0 aromatic heterocycles. The Morgan fingerprint density at radius 3 is 2.67 bits per heavy atom. The van der Waals surface area contributed by atoms with Crippen LogP contribution < -0.4 is 10.2 Å². The van der Waals surface area contributed by atoms with Crippen LogP contribution in [0, 0.1) is 6.92 Å². The number of hydrogen-bond donors (Lipinski definition) is 1. The van der Waals surface area contributed by atoms with Gasteiger partial charge in [-0.15, -0.1) is 0 Å². The lowest BCUT2D eigenvalue weighted by Crippen LogP contribution is -2.48. The molecule has 1 aromatic carbocycles. The van der Waals surface area contributed by atoms with Crippen molar-refractivity contribution in [3.05, 3.63) is 29.3 Å². The lowest BCUT2D eigenvalue weighted by molar-refractivity contribution is -0.137. The Bertz CT molecular complexity index is 471. The van der Waals surface area contributed by atoms with Crippen molar-refractivity contribution in [1.29, 1.82) is 0 Å². The fourth-order valence-corrected chi connectivity index (χ4v) is 1.94. The quantitative estimate of drug-likeness (QED) is 0.835. The van der Waals surface area contributed by atoms with Gasteiger partial charge >= 0.3 is 6.18 Å². The van der Waals surface area contributed by atoms with Crippen molar-refractivity contribution in [2.45, 2.75) is 13.1 Å². The average molecular weight is 258 g/mol. The molecule has 0 bridgehead atoms. The number of aryl methyl sites for hydroxylation is 1. The summed E-state index contributed by atoms with van der Waals surface area (Å²) in [5.41, 5.74) is 0.281. The summed E-state index contributed by atoms with van der Waals surface area (Å²) < 4.78 is 37.9. The van der Waals surface area contributed by atoms with Gasteiger partial charge in [-0.05, 0) is 24.6 Å². The zero-order valence-electron chi connectivity index (χ0n) is 9.84. The second-order valence-electron chi connectivity index (χ2n) is 4.22. The molecule has 0 radical (unpaired) electrons. The highest BCUT2D eigenvalue weighted by Gasteiger charge is 2.32. The summed E-state index contributed by atoms with van der Waals surface area (Å²) in [4.78, 5) is 13.1. The summed E-state index contributed by atoms with van der Waals surface area (Å²) >= 11 is 0. The first-order chi connectivity index (χ1) is 8.39. The molecule has 1 fully saturated rings. The monoisotopic (exact) mass is 258 g/mol. The van der Waals surface area contributed by atoms with E-state index in [4.69, 9.17) is 0 Å². The highest BCUT2D eigenvalue weighted by molar-refractivity contribution is 5.96. The van der Waals surface area contributed by atoms with Crippen LogP contribution in [0.1, 0.15) is 11.1 Å². The van der Waals surface area contributed by atoms with E-state index in [0.717, 1.165) is 12.1 Å². The van der Waals surface area contributed by atoms with E-state index in [-0.39, 0.29) is 12.5 Å². The van der Waals surface area contributed by atoms with E-state index in [0.29, 0.717) is 24.3 Å². The van der Waals surface area contributed by atoms with Crippen molar-refractivity contribution in [3.63, 3.8) is 0 Å². The normalized spacial score (nSPS) is 17.1. The van der Waals surface area contributed by atoms with Gasteiger partial charge in [-0.3, -0.25) is 4.79 Å². The molecule has 0 spiro atoms. The van der Waals surface area contributed by atoms with Crippen LogP contribution in [0.3, 0.4) is 0 Å². The van der Waals surface area contributed by atoms with E-state index in [1.807, 2.05) is 0 Å². The number of anilines is 1. The van der Waals surface area contributed by atoms with Crippen molar-refractivity contribution in [2.24, 2.45) is 0 Å². The molecular formula is C12H13F3N2O. The molecule has 1 amide bonds. The minimum atomic E-state index is -4.39. The van der Waals surface area contributed by atoms with Crippen LogP contribution in [0.5, 0.6) is 0 Å². The molecule has 2 rings (SSSR count). The number of hydrogen-bond acceptors (Lipinski definition) is 2. The summed E-state index contributed by atoms with van der Waals surface area (Å²) in [5, 5.41) is 2.89. The van der Waals surface area contributed by atoms with Gasteiger partial charge in [-0.25, -0.2) is 0 Å². The van der Waals surface area contributed by atoms with Crippen LogP contribution in [-0.4, -0.2) is 25.5 Å². The number of nitrogens with zero attached hydrogens (tertiary/aromatic N) is 1. The van der Waals surface area contributed by atoms with Crippen LogP contribution in [0.25, 0.3) is 0 Å². The maximum Gasteiger partial charge on any atom is 0.416 e. The Morgan fingerprint density at radius 1 is 1.33 bits per heavy atom. The fourth-order valence-electron chi connectivity index (χ4n) is 1.94. The smallest absolute Gasteiger partial charge is 0.310 e. The SMILES string of the molecule is Cc1ccc(C(F)(F)F)cc1N1CCNCC1=O. The lowest BCUT2D eigenvalue weighted by Gasteiger charge is -2.29. The maximum absolute atomic E-state index is 12.6. The topological polar surface area (TPSA) is 32.3 Å². The third-order valence-corrected chi connectivity index (χ3v) is 2.92. The Kier molecular flexibility index (Phi) is 3.30. The number of benzene rings is 1. The summed E-state index contributed by atoms with van der Waals surface area (Å²) in [6.45, 7) is 2.84. The van der Waals surface area contributed by atoms with Gasteiger partial charge < -0.3 is 10.2 Å². The van der Waals surface area contributed by atoms with Gasteiger partial charge in [0.15, 0.2) is 0 Å². The number of carbonyl (C=O) groups excluding carboxylic acids is 1. The number of nitrogens with one attached hydrogen (secondary N) is 1. The van der Waals surface area contributed by atoms with Gasteiger partial charge in [0.1, 0.15) is 0 Å². The van der Waals surface area contributed by atoms with E-state index in [1.165, 1.54) is 11.0 Å². The first-order valence-corrected chi connectivity index (χ1v) is 5.58. The van der Waals surface area contributed by atoms with Gasteiger partial charge in [0.2, 0.25) is 5.91 Å². The number of halogens is 3. The van der Waals surface area contributed by atoms with Crippen molar-refractivity contribution in [3.8, 4) is 0 Å². The van der Waals surface area contributed by atoms with Crippen molar-refractivity contribution in [2.75, 3.05) is 24.5 Å². The van der Waals surface area contributed by atoms with Crippen LogP contribution in [0.2, 0.25) is 0 Å². The zero-order chi connectivity index (χ0) is 13.3. The predicted molar refractivity (Wildman–Crippen MR) is 61.4 cm³/mol. The number of alkyl halides is 3. The Hall–Kier alpha value is -1.56. The highest BCUT2D eigenvalue weighted by Crippen LogP contribution is 2.33. The first-order valence-electron chi connectivity index (χ1n) is 5.58. The number of piperazine rings is 1. The molecule has 6 heteroatoms. The van der Waals surface area contributed by atoms with Gasteiger partial charge in [-0.2, -0.15) is 13.2 Å². The van der Waals surface area contributed by atoms with E-state index in [9.17, 15) is 18.0 Å².